The molecule has 1 amide bonds. The Kier molecular flexibility index (Phi) is 4.87. The molecule has 1 aromatic heterocycles. The molecule has 0 aliphatic heterocycles. The van der Waals surface area contributed by atoms with Crippen LogP contribution in [0.4, 0.5) is 0 Å². The number of imidazole rings is 1. The zero-order valence-electron chi connectivity index (χ0n) is 14.3. The van der Waals surface area contributed by atoms with E-state index in [2.05, 4.69) is 28.7 Å². The van der Waals surface area contributed by atoms with E-state index in [0.29, 0.717) is 19.4 Å². The van der Waals surface area contributed by atoms with E-state index in [1.54, 1.807) is 0 Å². The Labute approximate surface area is 142 Å². The second kappa shape index (κ2) is 6.91. The van der Waals surface area contributed by atoms with Gasteiger partial charge in [0.25, 0.3) is 0 Å². The fourth-order valence-corrected chi connectivity index (χ4v) is 3.51. The van der Waals surface area contributed by atoms with Gasteiger partial charge >= 0.3 is 0 Å². The number of rotatable bonds is 4. The van der Waals surface area contributed by atoms with Crippen molar-refractivity contribution in [2.24, 2.45) is 11.7 Å². The molecule has 0 unspecified atom stereocenters. The molecule has 6 heteroatoms. The lowest BCUT2D eigenvalue weighted by Gasteiger charge is -2.29. The Balaban J connectivity index is 1.71. The number of nitrogens with zero attached hydrogens (tertiary/aromatic N) is 2. The van der Waals surface area contributed by atoms with E-state index in [-0.39, 0.29) is 23.9 Å². The summed E-state index contributed by atoms with van der Waals surface area (Å²) in [6.45, 7) is 4.61. The van der Waals surface area contributed by atoms with Gasteiger partial charge in [0, 0.05) is 18.0 Å². The van der Waals surface area contributed by atoms with Crippen molar-refractivity contribution in [2.45, 2.75) is 57.8 Å². The lowest BCUT2D eigenvalue weighted by atomic mass is 9.84. The van der Waals surface area contributed by atoms with Gasteiger partial charge in [0.1, 0.15) is 5.82 Å². The molecule has 3 atom stereocenters. The van der Waals surface area contributed by atoms with Gasteiger partial charge < -0.3 is 20.7 Å². The van der Waals surface area contributed by atoms with Crippen LogP contribution in [0.15, 0.2) is 24.3 Å². The molecule has 1 aliphatic carbocycles. The Bertz CT molecular complexity index is 725. The Morgan fingerprint density at radius 2 is 2.17 bits per heavy atom. The normalized spacial score (nSPS) is 24.5. The Morgan fingerprint density at radius 1 is 1.42 bits per heavy atom. The van der Waals surface area contributed by atoms with Gasteiger partial charge in [-0.3, -0.25) is 4.79 Å². The summed E-state index contributed by atoms with van der Waals surface area (Å²) in [5.41, 5.74) is 7.83. The highest BCUT2D eigenvalue weighted by Gasteiger charge is 2.30. The minimum Gasteiger partial charge on any atom is -0.391 e. The fraction of sp³-hybridized carbons (Fsp3) is 0.556. The van der Waals surface area contributed by atoms with Crippen molar-refractivity contribution in [1.82, 2.24) is 14.9 Å². The van der Waals surface area contributed by atoms with Crippen molar-refractivity contribution < 1.29 is 9.90 Å². The van der Waals surface area contributed by atoms with Gasteiger partial charge in [0.05, 0.1) is 23.7 Å². The molecule has 24 heavy (non-hydrogen) atoms. The Morgan fingerprint density at radius 3 is 2.88 bits per heavy atom. The third-order valence-corrected chi connectivity index (χ3v) is 4.85. The van der Waals surface area contributed by atoms with E-state index < -0.39 is 6.10 Å². The summed E-state index contributed by atoms with van der Waals surface area (Å²) in [7, 11) is 0. The quantitative estimate of drug-likeness (QED) is 0.796. The van der Waals surface area contributed by atoms with E-state index in [1.165, 1.54) is 0 Å². The number of hydrogen-bond acceptors (Lipinski definition) is 4. The molecule has 3 rings (SSSR count). The second-order valence-electron chi connectivity index (χ2n) is 6.94. The van der Waals surface area contributed by atoms with Gasteiger partial charge in [0.2, 0.25) is 5.91 Å². The van der Waals surface area contributed by atoms with Crippen molar-refractivity contribution >= 4 is 16.9 Å². The predicted octanol–water partition coefficient (Wildman–Crippen LogP) is 1.72. The first-order valence-electron chi connectivity index (χ1n) is 8.64. The van der Waals surface area contributed by atoms with Crippen molar-refractivity contribution in [1.29, 1.82) is 0 Å². The van der Waals surface area contributed by atoms with Crippen molar-refractivity contribution in [3.05, 3.63) is 30.1 Å². The number of amides is 1. The number of aromatic nitrogens is 2. The van der Waals surface area contributed by atoms with E-state index in [0.717, 1.165) is 23.3 Å². The number of carbonyl (C=O) groups excluding carboxylic acids is 1. The molecule has 1 heterocycles. The molecular formula is C18H26N4O2. The third-order valence-electron chi connectivity index (χ3n) is 4.85. The highest BCUT2D eigenvalue weighted by molar-refractivity contribution is 5.79. The number of aliphatic hydroxyl groups excluding tert-OH is 1. The van der Waals surface area contributed by atoms with Gasteiger partial charge in [-0.05, 0) is 45.2 Å². The van der Waals surface area contributed by atoms with Crippen LogP contribution in [0.5, 0.6) is 0 Å². The SMILES string of the molecule is CC(C)n1c(CNC(=O)[C@H]2CC[C@@H](N)[C@H](O)C2)nc2ccccc21. The fourth-order valence-electron chi connectivity index (χ4n) is 3.51. The highest BCUT2D eigenvalue weighted by atomic mass is 16.3. The van der Waals surface area contributed by atoms with Crippen LogP contribution in [0.3, 0.4) is 0 Å². The third kappa shape index (κ3) is 3.30. The maximum Gasteiger partial charge on any atom is 0.223 e. The molecular weight excluding hydrogens is 304 g/mol. The molecule has 0 bridgehead atoms. The first-order valence-corrected chi connectivity index (χ1v) is 8.64. The summed E-state index contributed by atoms with van der Waals surface area (Å²) in [4.78, 5) is 17.1. The smallest absolute Gasteiger partial charge is 0.223 e. The van der Waals surface area contributed by atoms with Crippen LogP contribution in [0, 0.1) is 5.92 Å². The van der Waals surface area contributed by atoms with E-state index >= 15 is 0 Å². The number of aliphatic hydroxyl groups is 1. The summed E-state index contributed by atoms with van der Waals surface area (Å²) in [5, 5.41) is 12.9. The summed E-state index contributed by atoms with van der Waals surface area (Å²) in [6.07, 6.45) is 1.26. The zero-order chi connectivity index (χ0) is 17.3. The largest absolute Gasteiger partial charge is 0.391 e. The van der Waals surface area contributed by atoms with Gasteiger partial charge in [0.15, 0.2) is 0 Å². The van der Waals surface area contributed by atoms with Gasteiger partial charge in [-0.1, -0.05) is 12.1 Å². The van der Waals surface area contributed by atoms with Crippen LogP contribution >= 0.6 is 0 Å². The number of nitrogens with one attached hydrogen (secondary N) is 1. The summed E-state index contributed by atoms with van der Waals surface area (Å²) in [6, 6.07) is 8.05. The number of carbonyl (C=O) groups is 1. The monoisotopic (exact) mass is 330 g/mol. The van der Waals surface area contributed by atoms with Gasteiger partial charge in [-0.2, -0.15) is 0 Å². The summed E-state index contributed by atoms with van der Waals surface area (Å²) in [5.74, 6) is 0.660. The molecule has 2 aromatic rings. The van der Waals surface area contributed by atoms with Crippen LogP contribution < -0.4 is 11.1 Å². The molecule has 1 aromatic carbocycles. The van der Waals surface area contributed by atoms with Crippen molar-refractivity contribution in [3.8, 4) is 0 Å². The standard InChI is InChI=1S/C18H26N4O2/c1-11(2)22-15-6-4-3-5-14(15)21-17(22)10-20-18(24)12-7-8-13(19)16(23)9-12/h3-6,11-13,16,23H,7-10,19H2,1-2H3,(H,20,24)/t12-,13+,16+/m0/s1. The zero-order valence-corrected chi connectivity index (χ0v) is 14.3. The molecule has 1 saturated carbocycles. The highest BCUT2D eigenvalue weighted by Crippen LogP contribution is 2.24. The van der Waals surface area contributed by atoms with Crippen LogP contribution in [0.1, 0.15) is 45.0 Å². The van der Waals surface area contributed by atoms with Gasteiger partial charge in [-0.15, -0.1) is 0 Å². The lowest BCUT2D eigenvalue weighted by Crippen LogP contribution is -2.44. The van der Waals surface area contributed by atoms with E-state index in [1.807, 2.05) is 24.3 Å². The lowest BCUT2D eigenvalue weighted by molar-refractivity contribution is -0.127. The average Bonchev–Trinajstić information content (AvgIpc) is 2.93. The first kappa shape index (κ1) is 16.9. The van der Waals surface area contributed by atoms with Crippen LogP contribution in [0.2, 0.25) is 0 Å². The molecule has 0 spiro atoms. The first-order chi connectivity index (χ1) is 11.5. The molecule has 0 radical (unpaired) electrons. The topological polar surface area (TPSA) is 93.2 Å². The average molecular weight is 330 g/mol. The van der Waals surface area contributed by atoms with Gasteiger partial charge in [-0.25, -0.2) is 4.98 Å². The molecule has 4 N–H and O–H groups in total. The minimum atomic E-state index is -0.588. The van der Waals surface area contributed by atoms with Crippen molar-refractivity contribution in [3.63, 3.8) is 0 Å². The molecule has 130 valence electrons. The van der Waals surface area contributed by atoms with Crippen LogP contribution in [-0.4, -0.2) is 32.7 Å². The van der Waals surface area contributed by atoms with Crippen LogP contribution in [-0.2, 0) is 11.3 Å². The number of para-hydroxylation sites is 2. The maximum absolute atomic E-state index is 12.4. The summed E-state index contributed by atoms with van der Waals surface area (Å²) < 4.78 is 2.15. The molecule has 0 saturated heterocycles. The number of nitrogens with two attached hydrogens (primary N) is 1. The van der Waals surface area contributed by atoms with E-state index in [4.69, 9.17) is 5.73 Å². The van der Waals surface area contributed by atoms with Crippen LogP contribution in [0.25, 0.3) is 11.0 Å². The summed E-state index contributed by atoms with van der Waals surface area (Å²) >= 11 is 0. The predicted molar refractivity (Wildman–Crippen MR) is 93.3 cm³/mol. The molecule has 1 fully saturated rings. The molecule has 1 aliphatic rings. The maximum atomic E-state index is 12.4. The Hall–Kier alpha value is -1.92. The van der Waals surface area contributed by atoms with Crippen molar-refractivity contribution in [2.75, 3.05) is 0 Å². The minimum absolute atomic E-state index is 0.0247. The molecule has 6 nitrogen and oxygen atoms in total. The number of benzene rings is 1. The second-order valence-corrected chi connectivity index (χ2v) is 6.94. The van der Waals surface area contributed by atoms with E-state index in [9.17, 15) is 9.90 Å². The number of fused-ring (bicyclic) bond motifs is 1. The number of hydrogen-bond donors (Lipinski definition) is 3.